The van der Waals surface area contributed by atoms with Crippen LogP contribution >= 0.6 is 12.6 Å². The third-order valence-electron chi connectivity index (χ3n) is 1.35. The number of thiol groups is 1. The molecule has 1 N–H and O–H groups in total. The fourth-order valence-electron chi connectivity index (χ4n) is 0.796. The number of nitrogens with one attached hydrogen (secondary N) is 1. The minimum atomic E-state index is -0.521. The first-order valence-corrected chi connectivity index (χ1v) is 5.72. The molecule has 6 heteroatoms. The van der Waals surface area contributed by atoms with Gasteiger partial charge in [-0.15, -0.1) is 0 Å². The van der Waals surface area contributed by atoms with Crippen LogP contribution in [0.4, 0.5) is 4.79 Å². The smallest absolute Gasteiger partial charge is 0.407 e. The van der Waals surface area contributed by atoms with Gasteiger partial charge in [0.05, 0.1) is 13.0 Å². The molecule has 0 aliphatic rings. The van der Waals surface area contributed by atoms with E-state index in [1.54, 1.807) is 20.8 Å². The highest BCUT2D eigenvalue weighted by Gasteiger charge is 2.15. The van der Waals surface area contributed by atoms with Crippen molar-refractivity contribution in [2.45, 2.75) is 32.8 Å². The minimum absolute atomic E-state index is 0.145. The maximum atomic E-state index is 11.1. The molecular weight excluding hydrogens is 230 g/mol. The van der Waals surface area contributed by atoms with Gasteiger partial charge in [-0.05, 0) is 20.8 Å². The molecule has 0 aromatic rings. The van der Waals surface area contributed by atoms with Crippen molar-refractivity contribution < 1.29 is 19.1 Å². The van der Waals surface area contributed by atoms with Gasteiger partial charge in [0.2, 0.25) is 0 Å². The molecule has 0 atom stereocenters. The van der Waals surface area contributed by atoms with Gasteiger partial charge in [-0.2, -0.15) is 12.6 Å². The Balaban J connectivity index is 3.52. The number of esters is 1. The van der Waals surface area contributed by atoms with Gasteiger partial charge < -0.3 is 14.8 Å². The molecule has 16 heavy (non-hydrogen) atoms. The summed E-state index contributed by atoms with van der Waals surface area (Å²) in [5.41, 5.74) is -0.521. The van der Waals surface area contributed by atoms with Gasteiger partial charge >= 0.3 is 12.1 Å². The van der Waals surface area contributed by atoms with Crippen LogP contribution in [0.1, 0.15) is 27.2 Å². The van der Waals surface area contributed by atoms with Crippen LogP contribution in [0, 0.1) is 0 Å². The van der Waals surface area contributed by atoms with E-state index in [0.29, 0.717) is 5.75 Å². The largest absolute Gasteiger partial charge is 0.464 e. The fraction of sp³-hybridized carbons (Fsp3) is 0.800. The maximum absolute atomic E-state index is 11.1. The number of amides is 1. The summed E-state index contributed by atoms with van der Waals surface area (Å²) < 4.78 is 9.79. The lowest BCUT2D eigenvalue weighted by atomic mass is 10.2. The summed E-state index contributed by atoms with van der Waals surface area (Å²) >= 11 is 3.89. The van der Waals surface area contributed by atoms with Crippen LogP contribution in [0.3, 0.4) is 0 Å². The first-order valence-electron chi connectivity index (χ1n) is 5.08. The Morgan fingerprint density at radius 2 is 1.94 bits per heavy atom. The number of hydrogen-bond donors (Lipinski definition) is 2. The van der Waals surface area contributed by atoms with E-state index in [0.717, 1.165) is 0 Å². The highest BCUT2D eigenvalue weighted by Crippen LogP contribution is 2.05. The van der Waals surface area contributed by atoms with Crippen LogP contribution in [0.15, 0.2) is 0 Å². The standard InChI is InChI=1S/C10H19NO4S/c1-10(2,3)15-9(13)11-5-6-14-8(12)4-7-16/h16H,4-7H2,1-3H3,(H,11,13). The lowest BCUT2D eigenvalue weighted by Gasteiger charge is -2.19. The van der Waals surface area contributed by atoms with E-state index in [9.17, 15) is 9.59 Å². The fourth-order valence-corrected chi connectivity index (χ4v) is 0.978. The lowest BCUT2D eigenvalue weighted by Crippen LogP contribution is -2.34. The number of hydrogen-bond acceptors (Lipinski definition) is 5. The molecule has 0 radical (unpaired) electrons. The van der Waals surface area contributed by atoms with Crippen molar-refractivity contribution in [1.29, 1.82) is 0 Å². The molecule has 0 saturated heterocycles. The Morgan fingerprint density at radius 3 is 2.44 bits per heavy atom. The summed E-state index contributed by atoms with van der Waals surface area (Å²) in [5, 5.41) is 2.48. The molecule has 94 valence electrons. The zero-order valence-corrected chi connectivity index (χ0v) is 10.8. The van der Waals surface area contributed by atoms with Crippen molar-refractivity contribution >= 4 is 24.7 Å². The van der Waals surface area contributed by atoms with E-state index >= 15 is 0 Å². The van der Waals surface area contributed by atoms with Crippen molar-refractivity contribution in [2.24, 2.45) is 0 Å². The summed E-state index contributed by atoms with van der Waals surface area (Å²) in [6.07, 6.45) is -0.243. The molecule has 0 aliphatic heterocycles. The summed E-state index contributed by atoms with van der Waals surface area (Å²) in [6, 6.07) is 0. The van der Waals surface area contributed by atoms with Crippen molar-refractivity contribution in [3.63, 3.8) is 0 Å². The molecule has 0 rings (SSSR count). The number of carbonyl (C=O) groups is 2. The van der Waals surface area contributed by atoms with E-state index < -0.39 is 11.7 Å². The molecule has 5 nitrogen and oxygen atoms in total. The second kappa shape index (κ2) is 7.38. The molecule has 0 aromatic carbocycles. The van der Waals surface area contributed by atoms with Gasteiger partial charge in [0, 0.05) is 5.75 Å². The first-order chi connectivity index (χ1) is 7.35. The Hall–Kier alpha value is -0.910. The molecule has 1 amide bonds. The predicted molar refractivity (Wildman–Crippen MR) is 63.7 cm³/mol. The molecule has 0 fully saturated rings. The van der Waals surface area contributed by atoms with Gasteiger partial charge in [0.1, 0.15) is 12.2 Å². The number of alkyl carbamates (subject to hydrolysis) is 1. The highest BCUT2D eigenvalue weighted by atomic mass is 32.1. The van der Waals surface area contributed by atoms with Crippen molar-refractivity contribution in [2.75, 3.05) is 18.9 Å². The average molecular weight is 249 g/mol. The van der Waals surface area contributed by atoms with Gasteiger partial charge in [-0.1, -0.05) is 0 Å². The Bertz CT molecular complexity index is 237. The quantitative estimate of drug-likeness (QED) is 0.439. The van der Waals surface area contributed by atoms with E-state index in [-0.39, 0.29) is 25.5 Å². The van der Waals surface area contributed by atoms with Crippen LogP contribution in [-0.4, -0.2) is 36.6 Å². The summed E-state index contributed by atoms with van der Waals surface area (Å²) in [4.78, 5) is 22.0. The van der Waals surface area contributed by atoms with Crippen molar-refractivity contribution in [3.8, 4) is 0 Å². The number of rotatable bonds is 5. The molecule has 0 saturated carbocycles. The lowest BCUT2D eigenvalue weighted by molar-refractivity contribution is -0.142. The van der Waals surface area contributed by atoms with Crippen LogP contribution in [-0.2, 0) is 14.3 Å². The van der Waals surface area contributed by atoms with Gasteiger partial charge in [0.25, 0.3) is 0 Å². The molecule has 0 spiro atoms. The van der Waals surface area contributed by atoms with Crippen LogP contribution in [0.2, 0.25) is 0 Å². The Kier molecular flexibility index (Phi) is 6.96. The van der Waals surface area contributed by atoms with Crippen molar-refractivity contribution in [1.82, 2.24) is 5.32 Å². The van der Waals surface area contributed by atoms with E-state index in [1.807, 2.05) is 0 Å². The van der Waals surface area contributed by atoms with E-state index in [4.69, 9.17) is 9.47 Å². The average Bonchev–Trinajstić information content (AvgIpc) is 2.10. The highest BCUT2D eigenvalue weighted by molar-refractivity contribution is 7.80. The van der Waals surface area contributed by atoms with E-state index in [2.05, 4.69) is 17.9 Å². The Morgan fingerprint density at radius 1 is 1.31 bits per heavy atom. The van der Waals surface area contributed by atoms with Crippen LogP contribution in [0.25, 0.3) is 0 Å². The zero-order chi connectivity index (χ0) is 12.6. The Labute approximate surface area is 101 Å². The summed E-state index contributed by atoms with van der Waals surface area (Å²) in [5.74, 6) is 0.138. The third-order valence-corrected chi connectivity index (χ3v) is 1.57. The summed E-state index contributed by atoms with van der Waals surface area (Å²) in [7, 11) is 0. The number of ether oxygens (including phenoxy) is 2. The second-order valence-corrected chi connectivity index (χ2v) is 4.57. The van der Waals surface area contributed by atoms with Crippen LogP contribution in [0.5, 0.6) is 0 Å². The molecule has 0 aliphatic carbocycles. The monoisotopic (exact) mass is 249 g/mol. The van der Waals surface area contributed by atoms with Gasteiger partial charge in [0.15, 0.2) is 0 Å². The van der Waals surface area contributed by atoms with Gasteiger partial charge in [-0.3, -0.25) is 4.79 Å². The van der Waals surface area contributed by atoms with Crippen molar-refractivity contribution in [3.05, 3.63) is 0 Å². The van der Waals surface area contributed by atoms with E-state index in [1.165, 1.54) is 0 Å². The molecule has 0 bridgehead atoms. The van der Waals surface area contributed by atoms with Gasteiger partial charge in [-0.25, -0.2) is 4.79 Å². The first kappa shape index (κ1) is 15.1. The maximum Gasteiger partial charge on any atom is 0.407 e. The topological polar surface area (TPSA) is 64.6 Å². The summed E-state index contributed by atoms with van der Waals surface area (Å²) in [6.45, 7) is 5.72. The molecular formula is C10H19NO4S. The van der Waals surface area contributed by atoms with Crippen LogP contribution < -0.4 is 5.32 Å². The SMILES string of the molecule is CC(C)(C)OC(=O)NCCOC(=O)CCS. The third kappa shape index (κ3) is 9.64. The molecule has 0 heterocycles. The number of carbonyl (C=O) groups excluding carboxylic acids is 2. The minimum Gasteiger partial charge on any atom is -0.464 e. The molecule has 0 unspecified atom stereocenters. The zero-order valence-electron chi connectivity index (χ0n) is 9.91. The normalized spacial score (nSPS) is 10.8. The second-order valence-electron chi connectivity index (χ2n) is 4.12. The molecule has 0 aromatic heterocycles. The predicted octanol–water partition coefficient (Wildman–Crippen LogP) is 1.37.